The molecule has 1 aliphatic heterocycles. The first-order chi connectivity index (χ1) is 8.66. The number of hydrogen-bond donors (Lipinski definition) is 3. The lowest BCUT2D eigenvalue weighted by Gasteiger charge is -2.07. The molecule has 2 amide bonds. The predicted molar refractivity (Wildman–Crippen MR) is 69.7 cm³/mol. The van der Waals surface area contributed by atoms with Gasteiger partial charge in [-0.05, 0) is 30.2 Å². The van der Waals surface area contributed by atoms with Crippen LogP contribution in [0.25, 0.3) is 0 Å². The summed E-state index contributed by atoms with van der Waals surface area (Å²) in [6.45, 7) is 3.28. The molecule has 0 saturated carbocycles. The van der Waals surface area contributed by atoms with E-state index in [1.807, 2.05) is 18.2 Å². The average molecular weight is 247 g/mol. The Morgan fingerprint density at radius 1 is 1.28 bits per heavy atom. The first-order valence-corrected chi connectivity index (χ1v) is 6.06. The van der Waals surface area contributed by atoms with Gasteiger partial charge < -0.3 is 16.0 Å². The third-order valence-corrected chi connectivity index (χ3v) is 2.86. The Balaban J connectivity index is 1.87. The van der Waals surface area contributed by atoms with Crippen molar-refractivity contribution in [2.24, 2.45) is 0 Å². The van der Waals surface area contributed by atoms with Gasteiger partial charge in [-0.2, -0.15) is 0 Å². The number of benzene rings is 1. The molecule has 96 valence electrons. The molecule has 1 heterocycles. The highest BCUT2D eigenvalue weighted by Crippen LogP contribution is 2.22. The van der Waals surface area contributed by atoms with Crippen molar-refractivity contribution in [1.82, 2.24) is 10.6 Å². The highest BCUT2D eigenvalue weighted by Gasteiger charge is 2.12. The number of nitrogens with one attached hydrogen (secondary N) is 3. The van der Waals surface area contributed by atoms with Crippen LogP contribution < -0.4 is 16.0 Å². The molecule has 0 spiro atoms. The van der Waals surface area contributed by atoms with Gasteiger partial charge in [-0.3, -0.25) is 9.59 Å². The molecular formula is C13H17N3O2. The van der Waals surface area contributed by atoms with E-state index >= 15 is 0 Å². The molecule has 0 saturated heterocycles. The van der Waals surface area contributed by atoms with Gasteiger partial charge in [-0.15, -0.1) is 0 Å². The number of rotatable bonds is 4. The van der Waals surface area contributed by atoms with Crippen LogP contribution in [0.1, 0.15) is 22.8 Å². The zero-order valence-electron chi connectivity index (χ0n) is 10.4. The molecule has 0 aliphatic carbocycles. The Morgan fingerprint density at radius 2 is 2.06 bits per heavy atom. The molecule has 0 unspecified atom stereocenters. The Morgan fingerprint density at radius 3 is 2.83 bits per heavy atom. The molecule has 1 aromatic rings. The fourth-order valence-electron chi connectivity index (χ4n) is 1.96. The van der Waals surface area contributed by atoms with Gasteiger partial charge in [0, 0.05) is 37.8 Å². The minimum absolute atomic E-state index is 0.0899. The van der Waals surface area contributed by atoms with E-state index in [1.165, 1.54) is 12.5 Å². The lowest BCUT2D eigenvalue weighted by molar-refractivity contribution is -0.118. The summed E-state index contributed by atoms with van der Waals surface area (Å²) in [6, 6.07) is 5.67. The first-order valence-electron chi connectivity index (χ1n) is 6.06. The van der Waals surface area contributed by atoms with Gasteiger partial charge in [-0.1, -0.05) is 0 Å². The van der Waals surface area contributed by atoms with Crippen LogP contribution >= 0.6 is 0 Å². The molecule has 5 heteroatoms. The highest BCUT2D eigenvalue weighted by atomic mass is 16.2. The second kappa shape index (κ2) is 5.53. The molecule has 0 fully saturated rings. The molecule has 0 aromatic heterocycles. The fourth-order valence-corrected chi connectivity index (χ4v) is 1.96. The molecular weight excluding hydrogens is 230 g/mol. The molecule has 0 radical (unpaired) electrons. The Hall–Kier alpha value is -2.04. The third-order valence-electron chi connectivity index (χ3n) is 2.86. The van der Waals surface area contributed by atoms with Crippen LogP contribution in [0.3, 0.4) is 0 Å². The quantitative estimate of drug-likeness (QED) is 0.679. The lowest BCUT2D eigenvalue weighted by Crippen LogP contribution is -2.33. The lowest BCUT2D eigenvalue weighted by atomic mass is 10.1. The van der Waals surface area contributed by atoms with Gasteiger partial charge in [0.2, 0.25) is 5.91 Å². The van der Waals surface area contributed by atoms with Gasteiger partial charge in [0.05, 0.1) is 0 Å². The van der Waals surface area contributed by atoms with E-state index in [0.717, 1.165) is 18.7 Å². The van der Waals surface area contributed by atoms with Gasteiger partial charge in [0.15, 0.2) is 0 Å². The third kappa shape index (κ3) is 3.00. The first kappa shape index (κ1) is 12.4. The minimum Gasteiger partial charge on any atom is -0.384 e. The van der Waals surface area contributed by atoms with Crippen molar-refractivity contribution < 1.29 is 9.59 Å². The number of carbonyl (C=O) groups excluding carboxylic acids is 2. The average Bonchev–Trinajstić information content (AvgIpc) is 2.81. The van der Waals surface area contributed by atoms with Gasteiger partial charge in [-0.25, -0.2) is 0 Å². The van der Waals surface area contributed by atoms with E-state index < -0.39 is 0 Å². The van der Waals surface area contributed by atoms with Crippen LogP contribution in [0.4, 0.5) is 5.69 Å². The van der Waals surface area contributed by atoms with Crippen molar-refractivity contribution in [3.05, 3.63) is 29.3 Å². The summed E-state index contributed by atoms with van der Waals surface area (Å²) in [5.74, 6) is -0.192. The standard InChI is InChI=1S/C13H17N3O2/c1-9(17)14-6-7-16-13(18)11-2-3-12-10(8-11)4-5-15-12/h2-3,8,15H,4-7H2,1H3,(H,14,17)(H,16,18). The fraction of sp³-hybridized carbons (Fsp3) is 0.385. The molecule has 1 aromatic carbocycles. The Kier molecular flexibility index (Phi) is 3.82. The van der Waals surface area contributed by atoms with Crippen molar-refractivity contribution in [1.29, 1.82) is 0 Å². The van der Waals surface area contributed by atoms with Crippen LogP contribution in [0.2, 0.25) is 0 Å². The maximum absolute atomic E-state index is 11.8. The van der Waals surface area contributed by atoms with Crippen molar-refractivity contribution >= 4 is 17.5 Å². The number of anilines is 1. The predicted octanol–water partition coefficient (Wildman–Crippen LogP) is 0.520. The topological polar surface area (TPSA) is 70.2 Å². The molecule has 5 nitrogen and oxygen atoms in total. The van der Waals surface area contributed by atoms with Crippen LogP contribution in [-0.4, -0.2) is 31.4 Å². The van der Waals surface area contributed by atoms with E-state index in [2.05, 4.69) is 16.0 Å². The molecule has 2 rings (SSSR count). The van der Waals surface area contributed by atoms with Crippen molar-refractivity contribution in [3.8, 4) is 0 Å². The van der Waals surface area contributed by atoms with Crippen molar-refractivity contribution in [3.63, 3.8) is 0 Å². The van der Waals surface area contributed by atoms with Gasteiger partial charge >= 0.3 is 0 Å². The van der Waals surface area contributed by atoms with E-state index in [-0.39, 0.29) is 11.8 Å². The van der Waals surface area contributed by atoms with E-state index in [0.29, 0.717) is 18.7 Å². The number of carbonyl (C=O) groups is 2. The molecule has 1 aliphatic rings. The van der Waals surface area contributed by atoms with E-state index in [1.54, 1.807) is 0 Å². The van der Waals surface area contributed by atoms with Crippen LogP contribution in [0, 0.1) is 0 Å². The molecule has 18 heavy (non-hydrogen) atoms. The SMILES string of the molecule is CC(=O)NCCNC(=O)c1ccc2c(c1)CCN2. The normalized spacial score (nSPS) is 12.5. The molecule has 3 N–H and O–H groups in total. The van der Waals surface area contributed by atoms with Crippen LogP contribution in [0.15, 0.2) is 18.2 Å². The smallest absolute Gasteiger partial charge is 0.251 e. The number of amides is 2. The molecule has 0 bridgehead atoms. The summed E-state index contributed by atoms with van der Waals surface area (Å²) in [7, 11) is 0. The largest absolute Gasteiger partial charge is 0.384 e. The van der Waals surface area contributed by atoms with E-state index in [4.69, 9.17) is 0 Å². The Labute approximate surface area is 106 Å². The summed E-state index contributed by atoms with van der Waals surface area (Å²) in [5, 5.41) is 8.65. The van der Waals surface area contributed by atoms with Gasteiger partial charge in [0.1, 0.15) is 0 Å². The molecule has 0 atom stereocenters. The summed E-state index contributed by atoms with van der Waals surface area (Å²) in [5.41, 5.74) is 2.97. The highest BCUT2D eigenvalue weighted by molar-refractivity contribution is 5.95. The summed E-state index contributed by atoms with van der Waals surface area (Å²) >= 11 is 0. The number of hydrogen-bond acceptors (Lipinski definition) is 3. The summed E-state index contributed by atoms with van der Waals surface area (Å²) in [6.07, 6.45) is 0.961. The Bertz CT molecular complexity index is 471. The van der Waals surface area contributed by atoms with Crippen molar-refractivity contribution in [2.75, 3.05) is 25.0 Å². The second-order valence-corrected chi connectivity index (χ2v) is 4.29. The van der Waals surface area contributed by atoms with E-state index in [9.17, 15) is 9.59 Å². The zero-order valence-corrected chi connectivity index (χ0v) is 10.4. The monoisotopic (exact) mass is 247 g/mol. The zero-order chi connectivity index (χ0) is 13.0. The number of fused-ring (bicyclic) bond motifs is 1. The summed E-state index contributed by atoms with van der Waals surface area (Å²) < 4.78 is 0. The maximum Gasteiger partial charge on any atom is 0.251 e. The second-order valence-electron chi connectivity index (χ2n) is 4.29. The van der Waals surface area contributed by atoms with Crippen LogP contribution in [-0.2, 0) is 11.2 Å². The summed E-state index contributed by atoms with van der Waals surface area (Å²) in [4.78, 5) is 22.5. The van der Waals surface area contributed by atoms with Gasteiger partial charge in [0.25, 0.3) is 5.91 Å². The van der Waals surface area contributed by atoms with Crippen LogP contribution in [0.5, 0.6) is 0 Å². The van der Waals surface area contributed by atoms with Crippen molar-refractivity contribution in [2.45, 2.75) is 13.3 Å². The maximum atomic E-state index is 11.8. The minimum atomic E-state index is -0.102.